The molecular weight excluding hydrogens is 332 g/mol. The van der Waals surface area contributed by atoms with Gasteiger partial charge in [-0.3, -0.25) is 9.59 Å². The number of hydrogen-bond donors (Lipinski definition) is 1. The van der Waals surface area contributed by atoms with Gasteiger partial charge in [-0.1, -0.05) is 11.3 Å². The smallest absolute Gasteiger partial charge is 0.278 e. The van der Waals surface area contributed by atoms with E-state index in [-0.39, 0.29) is 17.4 Å². The van der Waals surface area contributed by atoms with Crippen molar-refractivity contribution >= 4 is 17.4 Å². The van der Waals surface area contributed by atoms with Gasteiger partial charge in [0.05, 0.1) is 18.5 Å². The first-order valence-corrected chi connectivity index (χ1v) is 7.98. The number of aromatic nitrogens is 3. The van der Waals surface area contributed by atoms with Crippen LogP contribution < -0.4 is 10.1 Å². The highest BCUT2D eigenvalue weighted by Crippen LogP contribution is 2.19. The first-order chi connectivity index (χ1) is 12.5. The average molecular weight is 350 g/mol. The zero-order chi connectivity index (χ0) is 18.7. The van der Waals surface area contributed by atoms with Gasteiger partial charge in [-0.05, 0) is 50.2 Å². The van der Waals surface area contributed by atoms with Crippen molar-refractivity contribution in [2.24, 2.45) is 0 Å². The van der Waals surface area contributed by atoms with Gasteiger partial charge < -0.3 is 10.1 Å². The third-order valence-electron chi connectivity index (χ3n) is 3.96. The molecule has 2 aromatic carbocycles. The molecule has 7 nitrogen and oxygen atoms in total. The number of benzene rings is 2. The van der Waals surface area contributed by atoms with E-state index >= 15 is 0 Å². The first-order valence-electron chi connectivity index (χ1n) is 7.98. The minimum atomic E-state index is -0.368. The Balaban J connectivity index is 1.82. The van der Waals surface area contributed by atoms with E-state index in [1.54, 1.807) is 43.0 Å². The fourth-order valence-corrected chi connectivity index (χ4v) is 2.50. The number of anilines is 1. The molecule has 3 rings (SSSR count). The SMILES string of the molecule is COc1cccc(-n2nnc(C(=O)Nc3ccc(C(C)=O)cc3)c2C)c1. The Morgan fingerprint density at radius 1 is 1.12 bits per heavy atom. The molecule has 0 aliphatic rings. The lowest BCUT2D eigenvalue weighted by Crippen LogP contribution is -2.14. The molecule has 0 saturated heterocycles. The summed E-state index contributed by atoms with van der Waals surface area (Å²) in [4.78, 5) is 23.8. The van der Waals surface area contributed by atoms with E-state index in [9.17, 15) is 9.59 Å². The minimum absolute atomic E-state index is 0.0278. The van der Waals surface area contributed by atoms with Gasteiger partial charge in [-0.15, -0.1) is 5.10 Å². The molecule has 0 atom stereocenters. The quantitative estimate of drug-likeness (QED) is 0.715. The zero-order valence-corrected chi connectivity index (χ0v) is 14.7. The molecule has 0 saturated carbocycles. The van der Waals surface area contributed by atoms with Gasteiger partial charge in [0.25, 0.3) is 5.91 Å². The number of carbonyl (C=O) groups is 2. The van der Waals surface area contributed by atoms with Gasteiger partial charge in [0.1, 0.15) is 5.75 Å². The number of carbonyl (C=O) groups excluding carboxylic acids is 2. The minimum Gasteiger partial charge on any atom is -0.497 e. The molecular formula is C19H18N4O3. The second-order valence-electron chi connectivity index (χ2n) is 5.72. The van der Waals surface area contributed by atoms with Gasteiger partial charge in [0.15, 0.2) is 11.5 Å². The summed E-state index contributed by atoms with van der Waals surface area (Å²) in [5.41, 5.74) is 2.75. The fraction of sp³-hybridized carbons (Fsp3) is 0.158. The normalized spacial score (nSPS) is 10.4. The van der Waals surface area contributed by atoms with Crippen LogP contribution in [-0.4, -0.2) is 33.8 Å². The Bertz CT molecular complexity index is 961. The Morgan fingerprint density at radius 2 is 1.85 bits per heavy atom. The lowest BCUT2D eigenvalue weighted by atomic mass is 10.1. The summed E-state index contributed by atoms with van der Waals surface area (Å²) in [7, 11) is 1.59. The fourth-order valence-electron chi connectivity index (χ4n) is 2.50. The van der Waals surface area contributed by atoms with Crippen LogP contribution in [0, 0.1) is 6.92 Å². The molecule has 0 radical (unpaired) electrons. The zero-order valence-electron chi connectivity index (χ0n) is 14.7. The van der Waals surface area contributed by atoms with Gasteiger partial charge in [0, 0.05) is 17.3 Å². The molecule has 7 heteroatoms. The molecule has 1 amide bonds. The number of Topliss-reactive ketones (excluding diaryl/α,β-unsaturated/α-hetero) is 1. The number of ketones is 1. The van der Waals surface area contributed by atoms with Crippen molar-refractivity contribution in [3.05, 3.63) is 65.5 Å². The van der Waals surface area contributed by atoms with Gasteiger partial charge in [-0.2, -0.15) is 0 Å². The van der Waals surface area contributed by atoms with Crippen LogP contribution >= 0.6 is 0 Å². The number of methoxy groups -OCH3 is 1. The number of nitrogens with zero attached hydrogens (tertiary/aromatic N) is 3. The second-order valence-corrected chi connectivity index (χ2v) is 5.72. The van der Waals surface area contributed by atoms with E-state index in [1.807, 2.05) is 24.3 Å². The summed E-state index contributed by atoms with van der Waals surface area (Å²) in [6, 6.07) is 14.0. The maximum absolute atomic E-state index is 12.5. The summed E-state index contributed by atoms with van der Waals surface area (Å²) in [6.07, 6.45) is 0. The average Bonchev–Trinajstić information content (AvgIpc) is 3.03. The largest absolute Gasteiger partial charge is 0.497 e. The summed E-state index contributed by atoms with van der Waals surface area (Å²) < 4.78 is 6.79. The number of nitrogens with one attached hydrogen (secondary N) is 1. The number of rotatable bonds is 5. The molecule has 1 heterocycles. The van der Waals surface area contributed by atoms with Crippen LogP contribution in [-0.2, 0) is 0 Å². The van der Waals surface area contributed by atoms with E-state index in [1.165, 1.54) is 6.92 Å². The van der Waals surface area contributed by atoms with Gasteiger partial charge in [0.2, 0.25) is 0 Å². The molecule has 0 unspecified atom stereocenters. The highest BCUT2D eigenvalue weighted by molar-refractivity contribution is 6.04. The van der Waals surface area contributed by atoms with Crippen molar-refractivity contribution in [3.63, 3.8) is 0 Å². The number of ether oxygens (including phenoxy) is 1. The predicted octanol–water partition coefficient (Wildman–Crippen LogP) is 3.04. The van der Waals surface area contributed by atoms with Crippen LogP contribution in [0.15, 0.2) is 48.5 Å². The van der Waals surface area contributed by atoms with E-state index in [0.717, 1.165) is 5.69 Å². The standard InChI is InChI=1S/C19H18N4O3/c1-12-18(19(25)20-15-9-7-14(8-10-15)13(2)24)21-22-23(12)16-5-4-6-17(11-16)26-3/h4-11H,1-3H3,(H,20,25). The highest BCUT2D eigenvalue weighted by Gasteiger charge is 2.18. The Labute approximate surface area is 150 Å². The van der Waals surface area contributed by atoms with Gasteiger partial charge in [-0.25, -0.2) is 4.68 Å². The van der Waals surface area contributed by atoms with E-state index < -0.39 is 0 Å². The van der Waals surface area contributed by atoms with Crippen LogP contribution in [0.3, 0.4) is 0 Å². The molecule has 0 spiro atoms. The monoisotopic (exact) mass is 350 g/mol. The van der Waals surface area contributed by atoms with Crippen LogP contribution in [0.5, 0.6) is 5.75 Å². The third-order valence-corrected chi connectivity index (χ3v) is 3.96. The van der Waals surface area contributed by atoms with Crippen molar-refractivity contribution in [1.29, 1.82) is 0 Å². The van der Waals surface area contributed by atoms with Crippen molar-refractivity contribution in [1.82, 2.24) is 15.0 Å². The summed E-state index contributed by atoms with van der Waals surface area (Å²) in [5, 5.41) is 10.8. The topological polar surface area (TPSA) is 86.1 Å². The molecule has 0 aliphatic heterocycles. The molecule has 3 aromatic rings. The van der Waals surface area contributed by atoms with Crippen molar-refractivity contribution < 1.29 is 14.3 Å². The molecule has 0 bridgehead atoms. The molecule has 132 valence electrons. The van der Waals surface area contributed by atoms with Crippen LogP contribution in [0.2, 0.25) is 0 Å². The van der Waals surface area contributed by atoms with E-state index in [0.29, 0.717) is 22.7 Å². The van der Waals surface area contributed by atoms with E-state index in [2.05, 4.69) is 15.6 Å². The molecule has 1 aromatic heterocycles. The summed E-state index contributed by atoms with van der Waals surface area (Å²) in [5.74, 6) is 0.293. The third kappa shape index (κ3) is 3.46. The number of amides is 1. The van der Waals surface area contributed by atoms with Crippen molar-refractivity contribution in [3.8, 4) is 11.4 Å². The molecule has 26 heavy (non-hydrogen) atoms. The Morgan fingerprint density at radius 3 is 2.50 bits per heavy atom. The maximum Gasteiger partial charge on any atom is 0.278 e. The van der Waals surface area contributed by atoms with E-state index in [4.69, 9.17) is 4.74 Å². The Hall–Kier alpha value is -3.48. The molecule has 1 N–H and O–H groups in total. The predicted molar refractivity (Wildman–Crippen MR) is 97.0 cm³/mol. The Kier molecular flexibility index (Phi) is 4.79. The lowest BCUT2D eigenvalue weighted by Gasteiger charge is -2.07. The first kappa shape index (κ1) is 17.3. The van der Waals surface area contributed by atoms with Crippen molar-refractivity contribution in [2.75, 3.05) is 12.4 Å². The van der Waals surface area contributed by atoms with Crippen LogP contribution in [0.25, 0.3) is 5.69 Å². The van der Waals surface area contributed by atoms with Crippen molar-refractivity contribution in [2.45, 2.75) is 13.8 Å². The molecule has 0 fully saturated rings. The highest BCUT2D eigenvalue weighted by atomic mass is 16.5. The maximum atomic E-state index is 12.5. The lowest BCUT2D eigenvalue weighted by molar-refractivity contribution is 0.101. The number of hydrogen-bond acceptors (Lipinski definition) is 5. The molecule has 0 aliphatic carbocycles. The van der Waals surface area contributed by atoms with Crippen LogP contribution in [0.4, 0.5) is 5.69 Å². The summed E-state index contributed by atoms with van der Waals surface area (Å²) >= 11 is 0. The summed E-state index contributed by atoms with van der Waals surface area (Å²) in [6.45, 7) is 3.26. The van der Waals surface area contributed by atoms with Gasteiger partial charge >= 0.3 is 0 Å². The van der Waals surface area contributed by atoms with Crippen LogP contribution in [0.1, 0.15) is 33.5 Å². The second kappa shape index (κ2) is 7.18.